The first kappa shape index (κ1) is 48.5. The molecular weight excluding hydrogens is 1020 g/mol. The SMILES string of the molecule is CC1(C)c2cc(-c3c4ccccc4c(-c4cccc(-c5ccccc5)c4)c4ccccc34)ccc2-c2c1c1c(c3c2oc2c(F)cccc23)-c2ccc(-c3c4ccccc4c(-c4cccc(-c5ccccc5)c4)c4ccccc34)cc2C1(C)C. The molecule has 0 amide bonds. The molecular formula is C82H55FO. The fourth-order valence-corrected chi connectivity index (χ4v) is 15.4. The second-order valence-electron chi connectivity index (χ2n) is 24.3. The van der Waals surface area contributed by atoms with E-state index in [-0.39, 0.29) is 5.82 Å². The van der Waals surface area contributed by atoms with Crippen LogP contribution in [0.2, 0.25) is 0 Å². The molecule has 1 heterocycles. The molecule has 0 spiro atoms. The van der Waals surface area contributed by atoms with Crippen molar-refractivity contribution in [2.24, 2.45) is 0 Å². The standard InChI is InChI=1S/C82H55FO/c1-81(2)67-46-54(72-60-34-15-11-30-56(60)70(57-31-12-16-35-61(57)72)52-28-19-26-50(44-52)48-22-7-5-8-23-48)40-42-64(67)74-75-66-38-21-39-69(83)79(66)84-80(75)76-65-43-41-55(47-68(65)82(3,4)78(76)77(74)81)73-62-36-17-13-32-58(62)71(59-33-14-18-37-63(59)73)53-29-20-27-51(45-53)49-24-9-6-10-25-49/h5-47H,1-4H3. The molecule has 0 saturated heterocycles. The fourth-order valence-electron chi connectivity index (χ4n) is 15.4. The third kappa shape index (κ3) is 6.83. The Morgan fingerprint density at radius 3 is 1.00 bits per heavy atom. The molecule has 14 aromatic carbocycles. The molecule has 0 aliphatic heterocycles. The van der Waals surface area contributed by atoms with Gasteiger partial charge >= 0.3 is 0 Å². The average Bonchev–Trinajstić information content (AvgIpc) is 1.51. The van der Waals surface area contributed by atoms with Gasteiger partial charge in [0.25, 0.3) is 0 Å². The summed E-state index contributed by atoms with van der Waals surface area (Å²) in [6.07, 6.45) is 0. The Labute approximate surface area is 487 Å². The van der Waals surface area contributed by atoms with Gasteiger partial charge in [-0.15, -0.1) is 0 Å². The van der Waals surface area contributed by atoms with E-state index in [0.717, 1.165) is 38.6 Å². The quantitative estimate of drug-likeness (QED) is 0.151. The Kier molecular flexibility index (Phi) is 10.4. The van der Waals surface area contributed by atoms with Crippen molar-refractivity contribution in [3.63, 3.8) is 0 Å². The van der Waals surface area contributed by atoms with Gasteiger partial charge in [0, 0.05) is 27.2 Å². The summed E-state index contributed by atoms with van der Waals surface area (Å²) in [5.41, 5.74) is 24.1. The molecule has 0 N–H and O–H groups in total. The van der Waals surface area contributed by atoms with E-state index in [1.165, 1.54) is 138 Å². The van der Waals surface area contributed by atoms with E-state index in [0.29, 0.717) is 5.58 Å². The second-order valence-corrected chi connectivity index (χ2v) is 24.3. The van der Waals surface area contributed by atoms with Crippen molar-refractivity contribution < 1.29 is 8.81 Å². The molecule has 15 aromatic rings. The van der Waals surface area contributed by atoms with Crippen LogP contribution in [0.25, 0.3) is 154 Å². The van der Waals surface area contributed by atoms with E-state index in [4.69, 9.17) is 4.42 Å². The molecule has 0 radical (unpaired) electrons. The minimum absolute atomic E-state index is 0.300. The van der Waals surface area contributed by atoms with Crippen LogP contribution in [0.3, 0.4) is 0 Å². The minimum Gasteiger partial charge on any atom is -0.452 e. The van der Waals surface area contributed by atoms with Crippen LogP contribution >= 0.6 is 0 Å². The van der Waals surface area contributed by atoms with Crippen molar-refractivity contribution >= 4 is 65.0 Å². The van der Waals surface area contributed by atoms with Gasteiger partial charge in [-0.3, -0.25) is 0 Å². The number of furan rings is 1. The Balaban J connectivity index is 0.862. The molecule has 84 heavy (non-hydrogen) atoms. The lowest BCUT2D eigenvalue weighted by atomic mass is 9.71. The number of halogens is 1. The summed E-state index contributed by atoms with van der Waals surface area (Å²) < 4.78 is 23.4. The van der Waals surface area contributed by atoms with E-state index >= 15 is 4.39 Å². The molecule has 1 aromatic heterocycles. The van der Waals surface area contributed by atoms with Gasteiger partial charge in [-0.2, -0.15) is 0 Å². The lowest BCUT2D eigenvalue weighted by Gasteiger charge is -2.31. The molecule has 0 saturated carbocycles. The molecule has 2 aliphatic rings. The summed E-state index contributed by atoms with van der Waals surface area (Å²) in [5.74, 6) is -0.352. The Morgan fingerprint density at radius 2 is 0.583 bits per heavy atom. The molecule has 396 valence electrons. The molecule has 0 bridgehead atoms. The fraction of sp³-hybridized carbons (Fsp3) is 0.0732. The smallest absolute Gasteiger partial charge is 0.171 e. The number of hydrogen-bond acceptors (Lipinski definition) is 1. The van der Waals surface area contributed by atoms with Crippen LogP contribution in [0.1, 0.15) is 49.9 Å². The predicted molar refractivity (Wildman–Crippen MR) is 351 cm³/mol. The number of rotatable bonds is 6. The van der Waals surface area contributed by atoms with Gasteiger partial charge in [-0.25, -0.2) is 4.39 Å². The zero-order valence-electron chi connectivity index (χ0n) is 47.1. The van der Waals surface area contributed by atoms with Crippen molar-refractivity contribution in [2.75, 3.05) is 0 Å². The average molecular weight is 1080 g/mol. The minimum atomic E-state index is -0.484. The third-order valence-electron chi connectivity index (χ3n) is 19.0. The number of fused-ring (bicyclic) bond motifs is 16. The van der Waals surface area contributed by atoms with Crippen LogP contribution in [0.5, 0.6) is 0 Å². The zero-order chi connectivity index (χ0) is 56.2. The van der Waals surface area contributed by atoms with E-state index in [9.17, 15) is 0 Å². The van der Waals surface area contributed by atoms with Gasteiger partial charge in [0.15, 0.2) is 11.4 Å². The zero-order valence-corrected chi connectivity index (χ0v) is 47.1. The van der Waals surface area contributed by atoms with Crippen LogP contribution in [0.15, 0.2) is 265 Å². The van der Waals surface area contributed by atoms with Gasteiger partial charge in [0.1, 0.15) is 5.58 Å². The highest BCUT2D eigenvalue weighted by Gasteiger charge is 2.49. The first-order valence-electron chi connectivity index (χ1n) is 29.3. The summed E-state index contributed by atoms with van der Waals surface area (Å²) in [5, 5.41) is 11.5. The van der Waals surface area contributed by atoms with E-state index in [1.54, 1.807) is 0 Å². The summed E-state index contributed by atoms with van der Waals surface area (Å²) in [6.45, 7) is 9.62. The van der Waals surface area contributed by atoms with Crippen LogP contribution in [-0.2, 0) is 10.8 Å². The van der Waals surface area contributed by atoms with Gasteiger partial charge in [-0.05, 0) is 179 Å². The first-order chi connectivity index (χ1) is 41.1. The van der Waals surface area contributed by atoms with Crippen molar-refractivity contribution in [1.82, 2.24) is 0 Å². The normalized spacial score (nSPS) is 13.7. The second kappa shape index (κ2) is 17.9. The monoisotopic (exact) mass is 1070 g/mol. The van der Waals surface area contributed by atoms with Crippen LogP contribution in [-0.4, -0.2) is 0 Å². The van der Waals surface area contributed by atoms with Gasteiger partial charge in [0.2, 0.25) is 0 Å². The van der Waals surface area contributed by atoms with Gasteiger partial charge in [-0.1, -0.05) is 258 Å². The van der Waals surface area contributed by atoms with E-state index in [2.05, 4.69) is 270 Å². The van der Waals surface area contributed by atoms with E-state index in [1.807, 2.05) is 12.1 Å². The molecule has 2 heteroatoms. The Bertz CT molecular complexity index is 5190. The predicted octanol–water partition coefficient (Wildman–Crippen LogP) is 23.0. The van der Waals surface area contributed by atoms with E-state index < -0.39 is 10.8 Å². The summed E-state index contributed by atoms with van der Waals surface area (Å²) in [6, 6.07) is 94.8. The number of hydrogen-bond donors (Lipinski definition) is 0. The summed E-state index contributed by atoms with van der Waals surface area (Å²) in [4.78, 5) is 0. The Morgan fingerprint density at radius 1 is 0.262 bits per heavy atom. The van der Waals surface area contributed by atoms with Gasteiger partial charge < -0.3 is 4.42 Å². The first-order valence-corrected chi connectivity index (χ1v) is 29.3. The Hall–Kier alpha value is -10.2. The molecule has 0 atom stereocenters. The molecule has 1 nitrogen and oxygen atoms in total. The van der Waals surface area contributed by atoms with Crippen molar-refractivity contribution in [3.8, 4) is 89.0 Å². The van der Waals surface area contributed by atoms with Crippen LogP contribution < -0.4 is 0 Å². The van der Waals surface area contributed by atoms with Crippen molar-refractivity contribution in [1.29, 1.82) is 0 Å². The topological polar surface area (TPSA) is 13.1 Å². The maximum absolute atomic E-state index is 16.4. The molecule has 17 rings (SSSR count). The van der Waals surface area contributed by atoms with Gasteiger partial charge in [0.05, 0.1) is 0 Å². The molecule has 2 aliphatic carbocycles. The van der Waals surface area contributed by atoms with Crippen molar-refractivity contribution in [3.05, 3.63) is 289 Å². The third-order valence-corrected chi connectivity index (χ3v) is 19.0. The maximum atomic E-state index is 16.4. The molecule has 0 fully saturated rings. The highest BCUT2D eigenvalue weighted by atomic mass is 19.1. The largest absolute Gasteiger partial charge is 0.452 e. The molecule has 0 unspecified atom stereocenters. The lowest BCUT2D eigenvalue weighted by Crippen LogP contribution is -2.24. The van der Waals surface area contributed by atoms with Crippen LogP contribution in [0, 0.1) is 5.82 Å². The summed E-state index contributed by atoms with van der Waals surface area (Å²) in [7, 11) is 0. The number of para-hydroxylation sites is 1. The van der Waals surface area contributed by atoms with Crippen LogP contribution in [0.4, 0.5) is 4.39 Å². The van der Waals surface area contributed by atoms with Crippen molar-refractivity contribution in [2.45, 2.75) is 38.5 Å². The maximum Gasteiger partial charge on any atom is 0.171 e. The highest BCUT2D eigenvalue weighted by Crippen LogP contribution is 2.64. The lowest BCUT2D eigenvalue weighted by molar-refractivity contribution is 0.582. The number of benzene rings is 14. The highest BCUT2D eigenvalue weighted by molar-refractivity contribution is 6.25. The summed E-state index contributed by atoms with van der Waals surface area (Å²) >= 11 is 0.